The molecule has 16 heavy (non-hydrogen) atoms. The van der Waals surface area contributed by atoms with E-state index in [4.69, 9.17) is 11.6 Å². The molecule has 2 rings (SSSR count). The van der Waals surface area contributed by atoms with Gasteiger partial charge >= 0.3 is 0 Å². The Kier molecular flexibility index (Phi) is 3.88. The molecule has 1 N–H and O–H groups in total. The highest BCUT2D eigenvalue weighted by atomic mass is 35.5. The summed E-state index contributed by atoms with van der Waals surface area (Å²) in [7, 11) is 0. The Morgan fingerprint density at radius 3 is 2.50 bits per heavy atom. The van der Waals surface area contributed by atoms with Crippen LogP contribution in [0.15, 0.2) is 24.3 Å². The average molecular weight is 238 g/mol. The Balaban J connectivity index is 2.08. The lowest BCUT2D eigenvalue weighted by molar-refractivity contribution is 0.463. The van der Waals surface area contributed by atoms with Crippen LogP contribution < -0.4 is 5.32 Å². The smallest absolute Gasteiger partial charge is 0.0406 e. The molecule has 0 aromatic heterocycles. The molecule has 2 heteroatoms. The molecule has 3 atom stereocenters. The molecule has 1 nitrogen and oxygen atoms in total. The molecule has 0 bridgehead atoms. The Morgan fingerprint density at radius 2 is 2.00 bits per heavy atom. The fourth-order valence-corrected chi connectivity index (χ4v) is 2.43. The van der Waals surface area contributed by atoms with Crippen molar-refractivity contribution >= 4 is 11.6 Å². The van der Waals surface area contributed by atoms with Crippen molar-refractivity contribution in [1.29, 1.82) is 0 Å². The summed E-state index contributed by atoms with van der Waals surface area (Å²) in [4.78, 5) is 0. The van der Waals surface area contributed by atoms with E-state index >= 15 is 0 Å². The number of halogens is 1. The minimum Gasteiger partial charge on any atom is -0.310 e. The van der Waals surface area contributed by atoms with E-state index in [1.165, 1.54) is 18.4 Å². The van der Waals surface area contributed by atoms with Crippen molar-refractivity contribution in [2.45, 2.75) is 32.7 Å². The molecule has 1 aromatic rings. The van der Waals surface area contributed by atoms with Crippen LogP contribution in [-0.4, -0.2) is 6.54 Å². The number of benzene rings is 1. The van der Waals surface area contributed by atoms with Gasteiger partial charge in [-0.3, -0.25) is 0 Å². The molecule has 0 aliphatic heterocycles. The van der Waals surface area contributed by atoms with Gasteiger partial charge in [0, 0.05) is 11.1 Å². The van der Waals surface area contributed by atoms with Crippen molar-refractivity contribution in [2.75, 3.05) is 6.54 Å². The summed E-state index contributed by atoms with van der Waals surface area (Å²) in [5.41, 5.74) is 1.38. The van der Waals surface area contributed by atoms with E-state index in [1.807, 2.05) is 12.1 Å². The molecule has 0 radical (unpaired) electrons. The standard InChI is InChI=1S/C14H20ClN/c1-3-8-16-14(13-9-10(13)2)11-4-6-12(15)7-5-11/h4-7,10,13-14,16H,3,8-9H2,1-2H3. The number of nitrogens with one attached hydrogen (secondary N) is 1. The van der Waals surface area contributed by atoms with Crippen LogP contribution in [0.25, 0.3) is 0 Å². The minimum atomic E-state index is 0.521. The van der Waals surface area contributed by atoms with Crippen LogP contribution in [0, 0.1) is 11.8 Å². The second-order valence-corrected chi connectivity index (χ2v) is 5.30. The van der Waals surface area contributed by atoms with Gasteiger partial charge in [0.15, 0.2) is 0 Å². The first kappa shape index (κ1) is 11.9. The lowest BCUT2D eigenvalue weighted by Crippen LogP contribution is -2.24. The van der Waals surface area contributed by atoms with Gasteiger partial charge in [-0.25, -0.2) is 0 Å². The van der Waals surface area contributed by atoms with E-state index in [9.17, 15) is 0 Å². The molecule has 1 fully saturated rings. The van der Waals surface area contributed by atoms with Crippen molar-refractivity contribution in [3.05, 3.63) is 34.9 Å². The highest BCUT2D eigenvalue weighted by Gasteiger charge is 2.39. The maximum Gasteiger partial charge on any atom is 0.0406 e. The monoisotopic (exact) mass is 237 g/mol. The molecule has 1 aliphatic rings. The number of hydrogen-bond acceptors (Lipinski definition) is 1. The van der Waals surface area contributed by atoms with E-state index in [1.54, 1.807) is 0 Å². The quantitative estimate of drug-likeness (QED) is 0.815. The fraction of sp³-hybridized carbons (Fsp3) is 0.571. The largest absolute Gasteiger partial charge is 0.310 e. The first-order valence-corrected chi connectivity index (χ1v) is 6.59. The van der Waals surface area contributed by atoms with Crippen LogP contribution in [0.1, 0.15) is 38.3 Å². The van der Waals surface area contributed by atoms with Gasteiger partial charge in [0.2, 0.25) is 0 Å². The fourth-order valence-electron chi connectivity index (χ4n) is 2.30. The van der Waals surface area contributed by atoms with Crippen molar-refractivity contribution in [2.24, 2.45) is 11.8 Å². The van der Waals surface area contributed by atoms with Crippen LogP contribution in [0.3, 0.4) is 0 Å². The third-order valence-corrected chi connectivity index (χ3v) is 3.70. The van der Waals surface area contributed by atoms with Gasteiger partial charge in [-0.05, 0) is 48.9 Å². The molecule has 0 amide bonds. The highest BCUT2D eigenvalue weighted by molar-refractivity contribution is 6.30. The molecule has 1 aliphatic carbocycles. The third kappa shape index (κ3) is 2.78. The molecule has 0 saturated heterocycles. The first-order chi connectivity index (χ1) is 7.72. The lowest BCUT2D eigenvalue weighted by Gasteiger charge is -2.19. The molecule has 0 spiro atoms. The Labute approximate surface area is 103 Å². The van der Waals surface area contributed by atoms with Gasteiger partial charge in [-0.15, -0.1) is 0 Å². The van der Waals surface area contributed by atoms with Crippen molar-refractivity contribution < 1.29 is 0 Å². The Hall–Kier alpha value is -0.530. The van der Waals surface area contributed by atoms with Gasteiger partial charge in [0.25, 0.3) is 0 Å². The Morgan fingerprint density at radius 1 is 1.38 bits per heavy atom. The van der Waals surface area contributed by atoms with Gasteiger partial charge in [0.1, 0.15) is 0 Å². The topological polar surface area (TPSA) is 12.0 Å². The highest BCUT2D eigenvalue weighted by Crippen LogP contribution is 2.46. The molecule has 1 aromatic carbocycles. The molecule has 0 heterocycles. The maximum absolute atomic E-state index is 5.92. The summed E-state index contributed by atoms with van der Waals surface area (Å²) in [6.45, 7) is 5.64. The SMILES string of the molecule is CCCNC(c1ccc(Cl)cc1)C1CC1C. The van der Waals surface area contributed by atoms with Crippen LogP contribution in [0.2, 0.25) is 5.02 Å². The van der Waals surface area contributed by atoms with Gasteiger partial charge < -0.3 is 5.32 Å². The average Bonchev–Trinajstić information content (AvgIpc) is 2.99. The molecule has 3 unspecified atom stereocenters. The van der Waals surface area contributed by atoms with Crippen LogP contribution >= 0.6 is 11.6 Å². The lowest BCUT2D eigenvalue weighted by atomic mass is 10.0. The summed E-state index contributed by atoms with van der Waals surface area (Å²) in [6.07, 6.45) is 2.54. The predicted molar refractivity (Wildman–Crippen MR) is 69.8 cm³/mol. The molecular formula is C14H20ClN. The zero-order chi connectivity index (χ0) is 11.5. The van der Waals surface area contributed by atoms with Gasteiger partial charge in [-0.2, -0.15) is 0 Å². The third-order valence-electron chi connectivity index (χ3n) is 3.44. The molecule has 1 saturated carbocycles. The van der Waals surface area contributed by atoms with E-state index in [-0.39, 0.29) is 0 Å². The maximum atomic E-state index is 5.92. The number of rotatable bonds is 5. The zero-order valence-electron chi connectivity index (χ0n) is 10.0. The van der Waals surface area contributed by atoms with E-state index < -0.39 is 0 Å². The van der Waals surface area contributed by atoms with Crippen molar-refractivity contribution in [3.63, 3.8) is 0 Å². The van der Waals surface area contributed by atoms with E-state index in [0.29, 0.717) is 6.04 Å². The Bertz CT molecular complexity index is 333. The van der Waals surface area contributed by atoms with Gasteiger partial charge in [-0.1, -0.05) is 37.6 Å². The van der Waals surface area contributed by atoms with Crippen molar-refractivity contribution in [1.82, 2.24) is 5.32 Å². The first-order valence-electron chi connectivity index (χ1n) is 6.21. The summed E-state index contributed by atoms with van der Waals surface area (Å²) in [6, 6.07) is 8.81. The number of hydrogen-bond donors (Lipinski definition) is 1. The minimum absolute atomic E-state index is 0.521. The van der Waals surface area contributed by atoms with Crippen LogP contribution in [0.5, 0.6) is 0 Å². The summed E-state index contributed by atoms with van der Waals surface area (Å²) in [5.74, 6) is 1.68. The van der Waals surface area contributed by atoms with E-state index in [2.05, 4.69) is 31.3 Å². The van der Waals surface area contributed by atoms with Crippen LogP contribution in [0.4, 0.5) is 0 Å². The summed E-state index contributed by atoms with van der Waals surface area (Å²) >= 11 is 5.92. The second-order valence-electron chi connectivity index (χ2n) is 4.86. The van der Waals surface area contributed by atoms with E-state index in [0.717, 1.165) is 23.4 Å². The van der Waals surface area contributed by atoms with Crippen molar-refractivity contribution in [3.8, 4) is 0 Å². The summed E-state index contributed by atoms with van der Waals surface area (Å²) < 4.78 is 0. The second kappa shape index (κ2) is 5.20. The van der Waals surface area contributed by atoms with Gasteiger partial charge in [0.05, 0.1) is 0 Å². The summed E-state index contributed by atoms with van der Waals surface area (Å²) in [5, 5.41) is 4.48. The molecular weight excluding hydrogens is 218 g/mol. The normalized spacial score (nSPS) is 25.4. The zero-order valence-corrected chi connectivity index (χ0v) is 10.8. The van der Waals surface area contributed by atoms with Crippen LogP contribution in [-0.2, 0) is 0 Å². The predicted octanol–water partition coefficient (Wildman–Crippen LogP) is 4.04. The molecule has 88 valence electrons.